The van der Waals surface area contributed by atoms with Crippen LogP contribution in [-0.4, -0.2) is 34.1 Å². The number of hydrogen-bond acceptors (Lipinski definition) is 5. The van der Waals surface area contributed by atoms with Gasteiger partial charge in [-0.2, -0.15) is 0 Å². The van der Waals surface area contributed by atoms with Crippen LogP contribution < -0.4 is 4.74 Å². The molecule has 0 bridgehead atoms. The highest BCUT2D eigenvalue weighted by molar-refractivity contribution is 8.18. The third kappa shape index (κ3) is 6.98. The molecule has 3 aromatic rings. The first-order valence-electron chi connectivity index (χ1n) is 13.3. The first kappa shape index (κ1) is 26.8. The van der Waals surface area contributed by atoms with Gasteiger partial charge in [-0.05, 0) is 83.1 Å². The zero-order valence-electron chi connectivity index (χ0n) is 22.0. The molecule has 1 amide bonds. The molecule has 1 saturated carbocycles. The number of aliphatic imine (C=N–C) groups is 1. The minimum atomic E-state index is -0.875. The first-order chi connectivity index (χ1) is 18.9. The summed E-state index contributed by atoms with van der Waals surface area (Å²) in [5, 5.41) is 9.50. The Balaban J connectivity index is 1.18. The Labute approximate surface area is 233 Å². The number of thioether (sulfide) groups is 1. The fourth-order valence-corrected chi connectivity index (χ4v) is 5.91. The topological polar surface area (TPSA) is 79.2 Å². The number of carbonyl (C=O) groups excluding carboxylic acids is 1. The van der Waals surface area contributed by atoms with E-state index < -0.39 is 5.97 Å². The minimum absolute atomic E-state index is 0.0335. The highest BCUT2D eigenvalue weighted by atomic mass is 32.2. The number of rotatable bonds is 8. The normalized spacial score (nSPS) is 18.2. The molecule has 0 unspecified atom stereocenters. The lowest BCUT2D eigenvalue weighted by Gasteiger charge is -2.22. The number of carboxylic acid groups (broad SMARTS) is 1. The van der Waals surface area contributed by atoms with Crippen LogP contribution in [0.5, 0.6) is 5.75 Å². The van der Waals surface area contributed by atoms with Crippen molar-refractivity contribution in [2.45, 2.75) is 51.0 Å². The number of ether oxygens (including phenoxy) is 1. The standard InChI is InChI=1S/C32H32N2O4S/c1-34-31(37)29(39-32(34)33-27-15-9-23(10-16-27)20-30(35)36)19-22-11-17-28(18-12-22)38-21-24-7-13-26(14-8-24)25-5-3-2-4-6-25/h7-19,25H,2-6,20-21H2,1H3,(H,35,36)/b29-19+,33-32?. The van der Waals surface area contributed by atoms with E-state index in [1.54, 1.807) is 31.3 Å². The number of carbonyl (C=O) groups is 2. The number of nitrogens with zero attached hydrogens (tertiary/aromatic N) is 2. The summed E-state index contributed by atoms with van der Waals surface area (Å²) in [5.74, 6) is 0.502. The molecule has 1 N–H and O–H groups in total. The van der Waals surface area contributed by atoms with E-state index in [0.29, 0.717) is 33.8 Å². The van der Waals surface area contributed by atoms with Gasteiger partial charge in [-0.15, -0.1) is 0 Å². The molecule has 2 aliphatic rings. The van der Waals surface area contributed by atoms with Gasteiger partial charge in [0.2, 0.25) is 0 Å². The summed E-state index contributed by atoms with van der Waals surface area (Å²) in [7, 11) is 1.70. The SMILES string of the molecule is CN1C(=O)/C(=C\c2ccc(OCc3ccc(C4CCCCC4)cc3)cc2)SC1=Nc1ccc(CC(=O)O)cc1. The number of benzene rings is 3. The fourth-order valence-electron chi connectivity index (χ4n) is 4.93. The van der Waals surface area contributed by atoms with Gasteiger partial charge in [-0.1, -0.05) is 67.8 Å². The van der Waals surface area contributed by atoms with Gasteiger partial charge in [-0.3, -0.25) is 14.5 Å². The molecule has 1 aliphatic carbocycles. The predicted molar refractivity (Wildman–Crippen MR) is 156 cm³/mol. The molecule has 200 valence electrons. The van der Waals surface area contributed by atoms with Crippen molar-refractivity contribution >= 4 is 40.6 Å². The van der Waals surface area contributed by atoms with Gasteiger partial charge in [0.15, 0.2) is 5.17 Å². The molecule has 7 heteroatoms. The van der Waals surface area contributed by atoms with Crippen molar-refractivity contribution in [2.24, 2.45) is 4.99 Å². The van der Waals surface area contributed by atoms with E-state index in [1.165, 1.54) is 54.3 Å². The van der Waals surface area contributed by atoms with Crippen LogP contribution in [0.2, 0.25) is 0 Å². The molecule has 1 heterocycles. The predicted octanol–water partition coefficient (Wildman–Crippen LogP) is 7.17. The summed E-state index contributed by atoms with van der Waals surface area (Å²) < 4.78 is 6.00. The summed E-state index contributed by atoms with van der Waals surface area (Å²) in [6, 6.07) is 23.6. The number of likely N-dealkylation sites (N-methyl/N-ethyl adjacent to an activating group) is 1. The van der Waals surface area contributed by atoms with Gasteiger partial charge in [0.05, 0.1) is 17.0 Å². The Morgan fingerprint density at radius 2 is 1.64 bits per heavy atom. The Bertz CT molecular complexity index is 1370. The maximum absolute atomic E-state index is 12.8. The van der Waals surface area contributed by atoms with Gasteiger partial charge in [0.25, 0.3) is 5.91 Å². The molecule has 2 fully saturated rings. The summed E-state index contributed by atoms with van der Waals surface area (Å²) in [4.78, 5) is 30.4. The van der Waals surface area contributed by atoms with Crippen molar-refractivity contribution in [1.82, 2.24) is 4.90 Å². The van der Waals surface area contributed by atoms with Crippen LogP contribution in [0, 0.1) is 0 Å². The molecule has 0 spiro atoms. The monoisotopic (exact) mass is 540 g/mol. The van der Waals surface area contributed by atoms with Crippen molar-refractivity contribution in [1.29, 1.82) is 0 Å². The molecular weight excluding hydrogens is 508 g/mol. The van der Waals surface area contributed by atoms with Gasteiger partial charge in [0.1, 0.15) is 12.4 Å². The average molecular weight is 541 g/mol. The molecule has 1 saturated heterocycles. The lowest BCUT2D eigenvalue weighted by molar-refractivity contribution is -0.136. The second-order valence-electron chi connectivity index (χ2n) is 10.0. The number of aliphatic carboxylic acids is 1. The second-order valence-corrected chi connectivity index (χ2v) is 11.0. The van der Waals surface area contributed by atoms with Crippen molar-refractivity contribution in [3.8, 4) is 5.75 Å². The summed E-state index contributed by atoms with van der Waals surface area (Å²) in [6.07, 6.45) is 8.48. The molecule has 0 atom stereocenters. The summed E-state index contributed by atoms with van der Waals surface area (Å²) >= 11 is 1.32. The van der Waals surface area contributed by atoms with Crippen LogP contribution >= 0.6 is 11.8 Å². The van der Waals surface area contributed by atoms with Crippen LogP contribution in [0.25, 0.3) is 6.08 Å². The number of hydrogen-bond donors (Lipinski definition) is 1. The largest absolute Gasteiger partial charge is 0.489 e. The highest BCUT2D eigenvalue weighted by Gasteiger charge is 2.30. The maximum Gasteiger partial charge on any atom is 0.307 e. The van der Waals surface area contributed by atoms with E-state index in [4.69, 9.17) is 9.84 Å². The molecule has 39 heavy (non-hydrogen) atoms. The van der Waals surface area contributed by atoms with Crippen LogP contribution in [-0.2, 0) is 22.6 Å². The number of carboxylic acids is 1. The van der Waals surface area contributed by atoms with E-state index in [9.17, 15) is 9.59 Å². The molecule has 6 nitrogen and oxygen atoms in total. The van der Waals surface area contributed by atoms with Crippen molar-refractivity contribution in [3.05, 3.63) is 100.0 Å². The fraction of sp³-hybridized carbons (Fsp3) is 0.281. The van der Waals surface area contributed by atoms with Gasteiger partial charge in [-0.25, -0.2) is 4.99 Å². The van der Waals surface area contributed by atoms with E-state index in [2.05, 4.69) is 29.3 Å². The lowest BCUT2D eigenvalue weighted by atomic mass is 9.84. The number of amides is 1. The maximum atomic E-state index is 12.8. The summed E-state index contributed by atoms with van der Waals surface area (Å²) in [5.41, 5.74) is 4.87. The van der Waals surface area contributed by atoms with Crippen LogP contribution in [0.4, 0.5) is 5.69 Å². The van der Waals surface area contributed by atoms with Gasteiger partial charge in [0, 0.05) is 7.05 Å². The van der Waals surface area contributed by atoms with Crippen LogP contribution in [0.1, 0.15) is 60.3 Å². The van der Waals surface area contributed by atoms with Crippen molar-refractivity contribution in [2.75, 3.05) is 7.05 Å². The molecule has 3 aromatic carbocycles. The Morgan fingerprint density at radius 3 is 2.31 bits per heavy atom. The van der Waals surface area contributed by atoms with Gasteiger partial charge >= 0.3 is 5.97 Å². The molecule has 5 rings (SSSR count). The third-order valence-corrected chi connectivity index (χ3v) is 8.22. The second kappa shape index (κ2) is 12.3. The number of amidine groups is 1. The average Bonchev–Trinajstić information content (AvgIpc) is 3.21. The Kier molecular flexibility index (Phi) is 8.47. The minimum Gasteiger partial charge on any atom is -0.489 e. The third-order valence-electron chi connectivity index (χ3n) is 7.16. The lowest BCUT2D eigenvalue weighted by Crippen LogP contribution is -2.23. The van der Waals surface area contributed by atoms with E-state index >= 15 is 0 Å². The molecular formula is C32H32N2O4S. The highest BCUT2D eigenvalue weighted by Crippen LogP contribution is 2.34. The summed E-state index contributed by atoms with van der Waals surface area (Å²) in [6.45, 7) is 0.516. The Morgan fingerprint density at radius 1 is 0.974 bits per heavy atom. The Hall–Kier alpha value is -3.84. The molecule has 0 radical (unpaired) electrons. The quantitative estimate of drug-likeness (QED) is 0.306. The zero-order valence-corrected chi connectivity index (χ0v) is 22.8. The first-order valence-corrected chi connectivity index (χ1v) is 14.1. The smallest absolute Gasteiger partial charge is 0.307 e. The van der Waals surface area contributed by atoms with E-state index in [-0.39, 0.29) is 12.3 Å². The van der Waals surface area contributed by atoms with E-state index in [0.717, 1.165) is 16.9 Å². The van der Waals surface area contributed by atoms with Gasteiger partial charge < -0.3 is 9.84 Å². The van der Waals surface area contributed by atoms with Crippen molar-refractivity contribution in [3.63, 3.8) is 0 Å². The zero-order chi connectivity index (χ0) is 27.2. The molecule has 1 aliphatic heterocycles. The molecule has 0 aromatic heterocycles. The van der Waals surface area contributed by atoms with Crippen LogP contribution in [0.15, 0.2) is 82.7 Å². The van der Waals surface area contributed by atoms with Crippen LogP contribution in [0.3, 0.4) is 0 Å². The van der Waals surface area contributed by atoms with Crippen molar-refractivity contribution < 1.29 is 19.4 Å². The van der Waals surface area contributed by atoms with E-state index in [1.807, 2.05) is 30.3 Å².